The zero-order valence-electron chi connectivity index (χ0n) is 25.4. The van der Waals surface area contributed by atoms with Crippen LogP contribution < -0.4 is 29.1 Å². The molecule has 12 heteroatoms. The smallest absolute Gasteiger partial charge is 0.338 e. The van der Waals surface area contributed by atoms with Crippen LogP contribution in [0, 0.1) is 0 Å². The second-order valence-corrected chi connectivity index (χ2v) is 11.9. The number of thiazole rings is 1. The Morgan fingerprint density at radius 3 is 2.39 bits per heavy atom. The summed E-state index contributed by atoms with van der Waals surface area (Å²) in [6, 6.07) is 21.1. The van der Waals surface area contributed by atoms with Crippen LogP contribution in [0.1, 0.15) is 29.9 Å². The van der Waals surface area contributed by atoms with Gasteiger partial charge in [-0.1, -0.05) is 47.7 Å². The van der Waals surface area contributed by atoms with Crippen LogP contribution in [0.4, 0.5) is 0 Å². The van der Waals surface area contributed by atoms with E-state index in [1.54, 1.807) is 37.4 Å². The SMILES string of the molecule is CCOC(=O)C1=C(c2ccccc2)N=c2s/c(=C\c3ccc(Sc4ccccn4)o3)c(=O)n2[C@@H]1c1cc(OC)c(OC)c(OC)c1. The Labute approximate surface area is 272 Å². The molecule has 0 radical (unpaired) electrons. The number of benzene rings is 2. The fourth-order valence-corrected chi connectivity index (χ4v) is 6.84. The maximum absolute atomic E-state index is 14.3. The van der Waals surface area contributed by atoms with Crippen LogP contribution in [0.15, 0.2) is 109 Å². The van der Waals surface area contributed by atoms with Gasteiger partial charge in [0, 0.05) is 17.8 Å². The fraction of sp³-hybridized carbons (Fsp3) is 0.176. The number of aromatic nitrogens is 2. The molecule has 0 spiro atoms. The number of hydrogen-bond donors (Lipinski definition) is 0. The summed E-state index contributed by atoms with van der Waals surface area (Å²) in [5.74, 6) is 1.01. The minimum Gasteiger partial charge on any atom is -0.493 e. The summed E-state index contributed by atoms with van der Waals surface area (Å²) in [5.41, 5.74) is 1.49. The van der Waals surface area contributed by atoms with E-state index in [1.807, 2.05) is 54.6 Å². The predicted molar refractivity (Wildman–Crippen MR) is 174 cm³/mol. The minimum absolute atomic E-state index is 0.133. The highest BCUT2D eigenvalue weighted by Gasteiger charge is 2.36. The van der Waals surface area contributed by atoms with Gasteiger partial charge < -0.3 is 23.4 Å². The molecule has 1 aliphatic rings. The summed E-state index contributed by atoms with van der Waals surface area (Å²) in [6.07, 6.45) is 3.39. The third-order valence-electron chi connectivity index (χ3n) is 7.09. The number of esters is 1. The predicted octanol–water partition coefficient (Wildman–Crippen LogP) is 5.10. The van der Waals surface area contributed by atoms with E-state index in [1.165, 1.54) is 49.0 Å². The first-order valence-corrected chi connectivity index (χ1v) is 15.9. The molecule has 0 amide bonds. The van der Waals surface area contributed by atoms with E-state index < -0.39 is 12.0 Å². The molecule has 234 valence electrons. The van der Waals surface area contributed by atoms with Gasteiger partial charge in [0.2, 0.25) is 5.75 Å². The summed E-state index contributed by atoms with van der Waals surface area (Å²) in [4.78, 5) is 37.7. The largest absolute Gasteiger partial charge is 0.493 e. The van der Waals surface area contributed by atoms with Crippen LogP contribution in [-0.2, 0) is 9.53 Å². The van der Waals surface area contributed by atoms with Crippen molar-refractivity contribution in [1.29, 1.82) is 0 Å². The Morgan fingerprint density at radius 2 is 1.74 bits per heavy atom. The van der Waals surface area contributed by atoms with Gasteiger partial charge in [-0.2, -0.15) is 0 Å². The molecule has 0 unspecified atom stereocenters. The van der Waals surface area contributed by atoms with E-state index in [2.05, 4.69) is 4.98 Å². The highest BCUT2D eigenvalue weighted by molar-refractivity contribution is 7.99. The third-order valence-corrected chi connectivity index (χ3v) is 8.95. The monoisotopic (exact) mass is 655 g/mol. The lowest BCUT2D eigenvalue weighted by molar-refractivity contribution is -0.138. The van der Waals surface area contributed by atoms with Crippen molar-refractivity contribution in [3.63, 3.8) is 0 Å². The molecule has 1 aliphatic heterocycles. The van der Waals surface area contributed by atoms with Gasteiger partial charge in [0.1, 0.15) is 10.8 Å². The second-order valence-electron chi connectivity index (χ2n) is 9.82. The molecule has 0 saturated carbocycles. The molecule has 0 N–H and O–H groups in total. The molecule has 10 nitrogen and oxygen atoms in total. The van der Waals surface area contributed by atoms with Crippen molar-refractivity contribution in [3.8, 4) is 17.2 Å². The van der Waals surface area contributed by atoms with Gasteiger partial charge >= 0.3 is 5.97 Å². The summed E-state index contributed by atoms with van der Waals surface area (Å²) < 4.78 is 30.3. The van der Waals surface area contributed by atoms with Crippen molar-refractivity contribution in [2.45, 2.75) is 23.1 Å². The lowest BCUT2D eigenvalue weighted by Crippen LogP contribution is -2.40. The molecular weight excluding hydrogens is 627 g/mol. The molecule has 5 aromatic rings. The third kappa shape index (κ3) is 5.96. The number of fused-ring (bicyclic) bond motifs is 1. The first-order chi connectivity index (χ1) is 22.4. The fourth-order valence-electron chi connectivity index (χ4n) is 5.12. The number of rotatable bonds is 10. The highest BCUT2D eigenvalue weighted by Crippen LogP contribution is 2.43. The second kappa shape index (κ2) is 13.5. The highest BCUT2D eigenvalue weighted by atomic mass is 32.2. The topological polar surface area (TPSA) is 114 Å². The zero-order chi connectivity index (χ0) is 32.2. The van der Waals surface area contributed by atoms with Gasteiger partial charge in [0.15, 0.2) is 21.4 Å². The number of hydrogen-bond acceptors (Lipinski definition) is 11. The summed E-state index contributed by atoms with van der Waals surface area (Å²) in [7, 11) is 4.52. The Morgan fingerprint density at radius 1 is 1.00 bits per heavy atom. The van der Waals surface area contributed by atoms with Crippen LogP contribution in [0.5, 0.6) is 17.2 Å². The standard InChI is InChI=1S/C34H29N3O7S2/c1-5-43-33(39)28-29(20-11-7-6-8-12-20)36-34-37(30(28)21-17-23(40-2)31(42-4)24(18-21)41-3)32(38)25(45-34)19-22-14-15-27(44-22)46-26-13-9-10-16-35-26/h6-19,30H,5H2,1-4H3/b25-19-/t30-/m1/s1. The number of ether oxygens (including phenoxy) is 4. The number of carbonyl (C=O) groups excluding carboxylic acids is 1. The maximum Gasteiger partial charge on any atom is 0.338 e. The quantitative estimate of drug-likeness (QED) is 0.190. The van der Waals surface area contributed by atoms with E-state index >= 15 is 0 Å². The molecule has 0 aliphatic carbocycles. The number of methoxy groups -OCH3 is 3. The lowest BCUT2D eigenvalue weighted by Gasteiger charge is -2.27. The summed E-state index contributed by atoms with van der Waals surface area (Å²) >= 11 is 2.57. The average Bonchev–Trinajstić information content (AvgIpc) is 3.66. The maximum atomic E-state index is 14.3. The van der Waals surface area contributed by atoms with Crippen molar-refractivity contribution >= 4 is 40.8 Å². The molecular formula is C34H29N3O7S2. The van der Waals surface area contributed by atoms with E-state index in [0.29, 0.717) is 54.3 Å². The van der Waals surface area contributed by atoms with E-state index in [9.17, 15) is 9.59 Å². The van der Waals surface area contributed by atoms with E-state index in [4.69, 9.17) is 28.4 Å². The molecule has 3 aromatic heterocycles. The van der Waals surface area contributed by atoms with E-state index in [-0.39, 0.29) is 17.7 Å². The average molecular weight is 656 g/mol. The number of nitrogens with zero attached hydrogens (tertiary/aromatic N) is 3. The van der Waals surface area contributed by atoms with Gasteiger partial charge in [-0.05, 0) is 60.6 Å². The summed E-state index contributed by atoms with van der Waals surface area (Å²) in [5, 5.41) is 1.41. The van der Waals surface area contributed by atoms with Crippen LogP contribution in [0.2, 0.25) is 0 Å². The Hall–Kier alpha value is -5.07. The summed E-state index contributed by atoms with van der Waals surface area (Å²) in [6.45, 7) is 1.86. The minimum atomic E-state index is -0.937. The first kappa shape index (κ1) is 30.9. The van der Waals surface area contributed by atoms with Crippen molar-refractivity contribution in [2.75, 3.05) is 27.9 Å². The number of furan rings is 1. The molecule has 0 fully saturated rings. The molecule has 2 aromatic carbocycles. The molecule has 6 rings (SSSR count). The van der Waals surface area contributed by atoms with Crippen molar-refractivity contribution in [1.82, 2.24) is 9.55 Å². The molecule has 1 atom stereocenters. The normalized spacial score (nSPS) is 14.4. The van der Waals surface area contributed by atoms with Crippen molar-refractivity contribution < 1.29 is 28.2 Å². The van der Waals surface area contributed by atoms with Gasteiger partial charge in [0.25, 0.3) is 5.56 Å². The van der Waals surface area contributed by atoms with Gasteiger partial charge in [0.05, 0.1) is 49.8 Å². The number of carbonyl (C=O) groups is 1. The van der Waals surface area contributed by atoms with Gasteiger partial charge in [-0.15, -0.1) is 0 Å². The zero-order valence-corrected chi connectivity index (χ0v) is 27.0. The Bertz CT molecular complexity index is 2080. The van der Waals surface area contributed by atoms with Crippen molar-refractivity contribution in [2.24, 2.45) is 4.99 Å². The number of pyridine rings is 1. The van der Waals surface area contributed by atoms with Crippen LogP contribution in [0.3, 0.4) is 0 Å². The Kier molecular flexibility index (Phi) is 9.08. The van der Waals surface area contributed by atoms with Crippen LogP contribution in [0.25, 0.3) is 11.8 Å². The Balaban J connectivity index is 1.58. The van der Waals surface area contributed by atoms with Crippen LogP contribution >= 0.6 is 23.1 Å². The molecule has 0 saturated heterocycles. The van der Waals surface area contributed by atoms with Gasteiger partial charge in [-0.25, -0.2) is 14.8 Å². The molecule has 4 heterocycles. The van der Waals surface area contributed by atoms with Crippen molar-refractivity contribution in [3.05, 3.63) is 121 Å². The molecule has 46 heavy (non-hydrogen) atoms. The van der Waals surface area contributed by atoms with E-state index in [0.717, 1.165) is 5.03 Å². The lowest BCUT2D eigenvalue weighted by atomic mass is 9.92. The van der Waals surface area contributed by atoms with Gasteiger partial charge in [-0.3, -0.25) is 9.36 Å². The first-order valence-electron chi connectivity index (χ1n) is 14.2. The van der Waals surface area contributed by atoms with Crippen LogP contribution in [-0.4, -0.2) is 43.5 Å². The molecule has 0 bridgehead atoms.